The predicted octanol–water partition coefficient (Wildman–Crippen LogP) is 8.23. The molecule has 47 heavy (non-hydrogen) atoms. The summed E-state index contributed by atoms with van der Waals surface area (Å²) in [5.41, 5.74) is 0.239. The number of allylic oxidation sites excluding steroid dienone is 2. The molecule has 1 heterocycles. The molecule has 1 saturated heterocycles. The zero-order valence-electron chi connectivity index (χ0n) is 32.0. The van der Waals surface area contributed by atoms with Crippen molar-refractivity contribution in [3.63, 3.8) is 0 Å². The van der Waals surface area contributed by atoms with Gasteiger partial charge in [0.05, 0.1) is 31.8 Å². The van der Waals surface area contributed by atoms with Gasteiger partial charge in [0.2, 0.25) is 0 Å². The SMILES string of the molecule is COCC(C)(COC)C(=O)OC1CC(O[Si](C)(C)C(C)(C)C)C=C2C=CC(C)C(CC[C@@H]3C[C@@H](O[Si](C)(C)C(C)(C)C)CC(=O)O3)C21. The Kier molecular flexibility index (Phi) is 13.1. The third-order valence-corrected chi connectivity index (χ3v) is 20.6. The van der Waals surface area contributed by atoms with Crippen molar-refractivity contribution in [2.75, 3.05) is 27.4 Å². The summed E-state index contributed by atoms with van der Waals surface area (Å²) in [6.07, 6.45) is 9.15. The molecule has 0 radical (unpaired) electrons. The second kappa shape index (κ2) is 15.3. The van der Waals surface area contributed by atoms with Crippen molar-refractivity contribution in [2.24, 2.45) is 23.2 Å². The topological polar surface area (TPSA) is 89.5 Å². The molecule has 0 aromatic rings. The summed E-state index contributed by atoms with van der Waals surface area (Å²) in [7, 11) is -0.941. The Morgan fingerprint density at radius 3 is 2.02 bits per heavy atom. The normalized spacial score (nSPS) is 29.2. The molecule has 2 aliphatic carbocycles. The Morgan fingerprint density at radius 1 is 0.894 bits per heavy atom. The number of hydrogen-bond donors (Lipinski definition) is 0. The lowest BCUT2D eigenvalue weighted by Gasteiger charge is -2.46. The van der Waals surface area contributed by atoms with Crippen molar-refractivity contribution in [3.05, 3.63) is 23.8 Å². The van der Waals surface area contributed by atoms with Crippen molar-refractivity contribution < 1.29 is 37.4 Å². The Bertz CT molecular complexity index is 1140. The number of fused-ring (bicyclic) bond motifs is 1. The van der Waals surface area contributed by atoms with E-state index in [1.54, 1.807) is 14.2 Å². The van der Waals surface area contributed by atoms with Crippen LogP contribution in [-0.2, 0) is 37.4 Å². The van der Waals surface area contributed by atoms with Crippen molar-refractivity contribution in [2.45, 2.75) is 148 Å². The fourth-order valence-corrected chi connectivity index (χ4v) is 9.41. The van der Waals surface area contributed by atoms with Crippen molar-refractivity contribution in [1.29, 1.82) is 0 Å². The highest BCUT2D eigenvalue weighted by Gasteiger charge is 2.48. The highest BCUT2D eigenvalue weighted by atomic mass is 28.4. The van der Waals surface area contributed by atoms with Gasteiger partial charge in [0.1, 0.15) is 17.6 Å². The van der Waals surface area contributed by atoms with Gasteiger partial charge in [-0.1, -0.05) is 66.7 Å². The lowest BCUT2D eigenvalue weighted by atomic mass is 9.66. The Morgan fingerprint density at radius 2 is 1.47 bits per heavy atom. The second-order valence-corrected chi connectivity index (χ2v) is 27.2. The highest BCUT2D eigenvalue weighted by Crippen LogP contribution is 2.47. The molecule has 1 aliphatic heterocycles. The predicted molar refractivity (Wildman–Crippen MR) is 192 cm³/mol. The fourth-order valence-electron chi connectivity index (χ4n) is 6.77. The molecule has 8 nitrogen and oxygen atoms in total. The number of carbonyl (C=O) groups is 2. The molecule has 0 amide bonds. The maximum atomic E-state index is 13.9. The van der Waals surface area contributed by atoms with E-state index in [0.717, 1.165) is 19.3 Å². The molecular weight excluding hydrogens is 629 g/mol. The molecule has 0 aromatic heterocycles. The Hall–Kier alpha value is -1.31. The van der Waals surface area contributed by atoms with Crippen LogP contribution in [0.3, 0.4) is 0 Å². The largest absolute Gasteiger partial charge is 0.462 e. The second-order valence-electron chi connectivity index (χ2n) is 17.7. The van der Waals surface area contributed by atoms with Gasteiger partial charge in [0, 0.05) is 33.0 Å². The van der Waals surface area contributed by atoms with E-state index in [4.69, 9.17) is 27.8 Å². The molecule has 3 rings (SSSR count). The van der Waals surface area contributed by atoms with E-state index in [1.165, 1.54) is 5.57 Å². The van der Waals surface area contributed by atoms with Gasteiger partial charge in [0.15, 0.2) is 16.6 Å². The van der Waals surface area contributed by atoms with E-state index in [-0.39, 0.29) is 77.4 Å². The summed E-state index contributed by atoms with van der Waals surface area (Å²) in [4.78, 5) is 26.6. The molecule has 0 aromatic carbocycles. The smallest absolute Gasteiger partial charge is 0.316 e. The molecule has 0 spiro atoms. The van der Waals surface area contributed by atoms with Gasteiger partial charge in [-0.15, -0.1) is 0 Å². The number of ether oxygens (including phenoxy) is 4. The maximum absolute atomic E-state index is 13.9. The van der Waals surface area contributed by atoms with E-state index in [1.807, 2.05) is 6.92 Å². The Labute approximate surface area is 287 Å². The molecule has 0 saturated carbocycles. The van der Waals surface area contributed by atoms with Crippen LogP contribution < -0.4 is 0 Å². The Balaban J connectivity index is 1.88. The molecule has 1 fully saturated rings. The van der Waals surface area contributed by atoms with Crippen molar-refractivity contribution in [1.82, 2.24) is 0 Å². The summed E-state index contributed by atoms with van der Waals surface area (Å²) in [5.74, 6) is -0.0151. The molecule has 3 aliphatic rings. The summed E-state index contributed by atoms with van der Waals surface area (Å²) in [6, 6.07) is 0. The first kappa shape index (κ1) is 40.1. The third kappa shape index (κ3) is 9.90. The fraction of sp³-hybridized carbons (Fsp3) is 0.838. The van der Waals surface area contributed by atoms with Gasteiger partial charge in [-0.25, -0.2) is 0 Å². The van der Waals surface area contributed by atoms with Crippen molar-refractivity contribution >= 4 is 28.6 Å². The number of rotatable bonds is 13. The lowest BCUT2D eigenvalue weighted by molar-refractivity contribution is -0.173. The van der Waals surface area contributed by atoms with E-state index >= 15 is 0 Å². The minimum atomic E-state index is -2.10. The van der Waals surface area contributed by atoms with Gasteiger partial charge in [-0.05, 0) is 73.4 Å². The van der Waals surface area contributed by atoms with Gasteiger partial charge in [-0.3, -0.25) is 9.59 Å². The summed E-state index contributed by atoms with van der Waals surface area (Å²) in [5, 5.41) is 0.117. The molecule has 5 unspecified atom stereocenters. The average molecular weight is 695 g/mol. The number of esters is 2. The van der Waals surface area contributed by atoms with Gasteiger partial charge in [-0.2, -0.15) is 0 Å². The van der Waals surface area contributed by atoms with E-state index in [2.05, 4.69) is 92.9 Å². The summed E-state index contributed by atoms with van der Waals surface area (Å²) in [6.45, 7) is 26.9. The third-order valence-electron chi connectivity index (χ3n) is 11.6. The average Bonchev–Trinajstić information content (AvgIpc) is 2.91. The molecule has 0 bridgehead atoms. The molecule has 10 heteroatoms. The van der Waals surface area contributed by atoms with Gasteiger partial charge in [0.25, 0.3) is 0 Å². The highest BCUT2D eigenvalue weighted by molar-refractivity contribution is 6.74. The zero-order chi connectivity index (χ0) is 35.6. The van der Waals surface area contributed by atoms with Crippen LogP contribution in [0.1, 0.15) is 87.5 Å². The minimum absolute atomic E-state index is 0.00567. The van der Waals surface area contributed by atoms with Gasteiger partial charge < -0.3 is 27.8 Å². The van der Waals surface area contributed by atoms with E-state index in [9.17, 15) is 9.59 Å². The van der Waals surface area contributed by atoms with Crippen LogP contribution in [-0.4, -0.2) is 80.4 Å². The molecular formula is C37H66O8Si2. The number of hydrogen-bond acceptors (Lipinski definition) is 8. The first-order chi connectivity index (χ1) is 21.5. The quantitative estimate of drug-likeness (QED) is 0.141. The monoisotopic (exact) mass is 694 g/mol. The van der Waals surface area contributed by atoms with Crippen LogP contribution in [0.25, 0.3) is 0 Å². The van der Waals surface area contributed by atoms with Crippen LogP contribution in [0.2, 0.25) is 36.3 Å². The standard InChI is InChI=1S/C37H66O8Si2/c1-25-15-16-26-19-28(44-46(11,12)35(2,3)4)21-31(43-34(39)37(8,23-40-9)24-41-10)33(26)30(25)18-17-27-20-29(22-32(38)42-27)45-47(13,14)36(5,6)7/h15-16,19,25,27-31,33H,17-18,20-24H2,1-14H3/t25?,27-,28?,29-,30?,31?,33?/m1/s1. The maximum Gasteiger partial charge on any atom is 0.316 e. The zero-order valence-corrected chi connectivity index (χ0v) is 34.0. The van der Waals surface area contributed by atoms with E-state index in [0.29, 0.717) is 12.8 Å². The first-order valence-corrected chi connectivity index (χ1v) is 23.5. The number of cyclic esters (lactones) is 1. The van der Waals surface area contributed by atoms with Crippen LogP contribution in [0.5, 0.6) is 0 Å². The summed E-state index contributed by atoms with van der Waals surface area (Å²) >= 11 is 0. The summed E-state index contributed by atoms with van der Waals surface area (Å²) < 4.78 is 36.9. The lowest BCUT2D eigenvalue weighted by Crippen LogP contribution is -2.50. The van der Waals surface area contributed by atoms with Crippen molar-refractivity contribution in [3.8, 4) is 0 Å². The molecule has 0 N–H and O–H groups in total. The van der Waals surface area contributed by atoms with Crippen LogP contribution in [0.4, 0.5) is 0 Å². The molecule has 7 atom stereocenters. The number of methoxy groups -OCH3 is 2. The van der Waals surface area contributed by atoms with Crippen LogP contribution in [0.15, 0.2) is 23.8 Å². The van der Waals surface area contributed by atoms with Crippen LogP contribution >= 0.6 is 0 Å². The number of carbonyl (C=O) groups excluding carboxylic acids is 2. The van der Waals surface area contributed by atoms with E-state index < -0.39 is 22.0 Å². The van der Waals surface area contributed by atoms with Crippen LogP contribution in [0, 0.1) is 23.2 Å². The minimum Gasteiger partial charge on any atom is -0.462 e. The first-order valence-electron chi connectivity index (χ1n) is 17.7. The molecule has 270 valence electrons. The van der Waals surface area contributed by atoms with Gasteiger partial charge >= 0.3 is 11.9 Å².